The molecule has 2 aromatic carbocycles. The zero-order chi connectivity index (χ0) is 19.8. The van der Waals surface area contributed by atoms with Gasteiger partial charge in [0.1, 0.15) is 0 Å². The van der Waals surface area contributed by atoms with Crippen molar-refractivity contribution in [3.8, 4) is 0 Å². The van der Waals surface area contributed by atoms with Crippen LogP contribution in [0.1, 0.15) is 5.56 Å². The van der Waals surface area contributed by atoms with Crippen LogP contribution in [-0.4, -0.2) is 60.6 Å². The molecule has 0 saturated carbocycles. The van der Waals surface area contributed by atoms with Crippen LogP contribution in [0.2, 0.25) is 5.02 Å². The first-order chi connectivity index (χ1) is 13.7. The fourth-order valence-electron chi connectivity index (χ4n) is 3.29. The Kier molecular flexibility index (Phi) is 10.2. The Hall–Kier alpha value is -1.32. The monoisotopic (exact) mass is 546 g/mol. The lowest BCUT2D eigenvalue weighted by Gasteiger charge is -2.37. The second-order valence-electron chi connectivity index (χ2n) is 6.70. The highest BCUT2D eigenvalue weighted by molar-refractivity contribution is 14.0. The predicted molar refractivity (Wildman–Crippen MR) is 135 cm³/mol. The molecule has 0 bridgehead atoms. The summed E-state index contributed by atoms with van der Waals surface area (Å²) in [5.74, 6) is 2.08. The maximum absolute atomic E-state index is 12.3. The van der Waals surface area contributed by atoms with Gasteiger partial charge in [-0.1, -0.05) is 48.0 Å². The first kappa shape index (κ1) is 24.0. The summed E-state index contributed by atoms with van der Waals surface area (Å²) in [4.78, 5) is 8.99. The second-order valence-corrected chi connectivity index (χ2v) is 8.71. The minimum absolute atomic E-state index is 0. The number of rotatable bonds is 6. The van der Waals surface area contributed by atoms with Crippen molar-refractivity contribution >= 4 is 58.0 Å². The average Bonchev–Trinajstić information content (AvgIpc) is 2.72. The lowest BCUT2D eigenvalue weighted by atomic mass is 10.2. The summed E-state index contributed by atoms with van der Waals surface area (Å²) in [6.45, 7) is 4.27. The fraction of sp³-hybridized carbons (Fsp3) is 0.381. The van der Waals surface area contributed by atoms with Crippen molar-refractivity contribution in [3.63, 3.8) is 0 Å². The van der Waals surface area contributed by atoms with E-state index in [-0.39, 0.29) is 24.0 Å². The molecule has 0 aromatic heterocycles. The molecular formula is C21H28ClIN4OS. The lowest BCUT2D eigenvalue weighted by molar-refractivity contribution is 0.373. The van der Waals surface area contributed by atoms with Crippen LogP contribution in [0.4, 0.5) is 5.69 Å². The topological polar surface area (TPSA) is 47.9 Å². The van der Waals surface area contributed by atoms with Gasteiger partial charge in [0.15, 0.2) is 5.96 Å². The minimum atomic E-state index is -0.884. The molecule has 5 nitrogen and oxygen atoms in total. The molecule has 1 fully saturated rings. The third-order valence-electron chi connectivity index (χ3n) is 4.75. The van der Waals surface area contributed by atoms with Gasteiger partial charge in [0, 0.05) is 72.8 Å². The number of anilines is 1. The maximum atomic E-state index is 12.3. The standard InChI is InChI=1S/C21H27ClN4OS.HI/c1-23-21(24-10-15-28(27)17-18-6-3-2-4-7-18)26-13-11-25(12-14-26)20-9-5-8-19(22)16-20;/h2-9,16H,10-15,17H2,1H3,(H,23,24);1H. The van der Waals surface area contributed by atoms with Crippen LogP contribution in [0.5, 0.6) is 0 Å². The average molecular weight is 547 g/mol. The number of aliphatic imine (C=N–C) groups is 1. The molecule has 0 amide bonds. The van der Waals surface area contributed by atoms with Crippen molar-refractivity contribution in [1.29, 1.82) is 0 Å². The summed E-state index contributed by atoms with van der Waals surface area (Å²) in [5, 5.41) is 4.13. The smallest absolute Gasteiger partial charge is 0.193 e. The van der Waals surface area contributed by atoms with E-state index in [1.807, 2.05) is 48.5 Å². The summed E-state index contributed by atoms with van der Waals surface area (Å²) in [6.07, 6.45) is 0. The Balaban J connectivity index is 0.00000300. The molecule has 1 heterocycles. The summed E-state index contributed by atoms with van der Waals surface area (Å²) in [5.41, 5.74) is 2.27. The molecule has 1 saturated heterocycles. The van der Waals surface area contributed by atoms with E-state index in [0.29, 0.717) is 18.1 Å². The Bertz CT molecular complexity index is 813. The Morgan fingerprint density at radius 3 is 2.48 bits per heavy atom. The van der Waals surface area contributed by atoms with Crippen molar-refractivity contribution in [3.05, 3.63) is 65.2 Å². The third kappa shape index (κ3) is 7.46. The van der Waals surface area contributed by atoms with E-state index in [1.54, 1.807) is 7.05 Å². The van der Waals surface area contributed by atoms with E-state index in [1.165, 1.54) is 0 Å². The van der Waals surface area contributed by atoms with Gasteiger partial charge in [-0.15, -0.1) is 24.0 Å². The molecule has 1 unspecified atom stereocenters. The summed E-state index contributed by atoms with van der Waals surface area (Å²) in [7, 11) is 0.914. The van der Waals surface area contributed by atoms with E-state index in [9.17, 15) is 4.21 Å². The van der Waals surface area contributed by atoms with Crippen molar-refractivity contribution in [1.82, 2.24) is 10.2 Å². The predicted octanol–water partition coefficient (Wildman–Crippen LogP) is 3.60. The maximum Gasteiger partial charge on any atom is 0.193 e. The highest BCUT2D eigenvalue weighted by atomic mass is 127. The number of piperazine rings is 1. The molecule has 0 radical (unpaired) electrons. The SMILES string of the molecule is CN=C(NCCS(=O)Cc1ccccc1)N1CCN(c2cccc(Cl)c2)CC1.I. The Labute approximate surface area is 198 Å². The number of benzene rings is 2. The molecule has 2 aromatic rings. The second kappa shape index (κ2) is 12.4. The molecular weight excluding hydrogens is 519 g/mol. The van der Waals surface area contributed by atoms with Crippen molar-refractivity contribution in [2.75, 3.05) is 50.4 Å². The van der Waals surface area contributed by atoms with Crippen LogP contribution in [0.25, 0.3) is 0 Å². The van der Waals surface area contributed by atoms with Crippen LogP contribution >= 0.6 is 35.6 Å². The number of halogens is 2. The number of hydrogen-bond donors (Lipinski definition) is 1. The molecule has 1 N–H and O–H groups in total. The van der Waals surface area contributed by atoms with Gasteiger partial charge in [-0.25, -0.2) is 0 Å². The summed E-state index contributed by atoms with van der Waals surface area (Å²) >= 11 is 6.11. The van der Waals surface area contributed by atoms with Crippen LogP contribution in [0, 0.1) is 0 Å². The summed E-state index contributed by atoms with van der Waals surface area (Å²) < 4.78 is 12.3. The quantitative estimate of drug-likeness (QED) is 0.342. The largest absolute Gasteiger partial charge is 0.368 e. The number of nitrogens with one attached hydrogen (secondary N) is 1. The molecule has 0 spiro atoms. The van der Waals surface area contributed by atoms with Crippen molar-refractivity contribution in [2.24, 2.45) is 4.99 Å². The van der Waals surface area contributed by atoms with E-state index >= 15 is 0 Å². The molecule has 1 aliphatic heterocycles. The Morgan fingerprint density at radius 2 is 1.83 bits per heavy atom. The zero-order valence-corrected chi connectivity index (χ0v) is 20.5. The molecule has 3 rings (SSSR count). The van der Waals surface area contributed by atoms with Crippen LogP contribution in [0.15, 0.2) is 59.6 Å². The first-order valence-electron chi connectivity index (χ1n) is 9.51. The lowest BCUT2D eigenvalue weighted by Crippen LogP contribution is -2.53. The third-order valence-corrected chi connectivity index (χ3v) is 6.30. The molecule has 1 atom stereocenters. The number of hydrogen-bond acceptors (Lipinski definition) is 3. The highest BCUT2D eigenvalue weighted by Gasteiger charge is 2.20. The van der Waals surface area contributed by atoms with Gasteiger partial charge in [0.25, 0.3) is 0 Å². The number of nitrogens with zero attached hydrogens (tertiary/aromatic N) is 3. The summed E-state index contributed by atoms with van der Waals surface area (Å²) in [6, 6.07) is 18.0. The fourth-order valence-corrected chi connectivity index (χ4v) is 4.51. The van der Waals surface area contributed by atoms with Crippen LogP contribution < -0.4 is 10.2 Å². The van der Waals surface area contributed by atoms with Crippen molar-refractivity contribution < 1.29 is 4.21 Å². The zero-order valence-electron chi connectivity index (χ0n) is 16.6. The van der Waals surface area contributed by atoms with E-state index < -0.39 is 10.8 Å². The van der Waals surface area contributed by atoms with Crippen molar-refractivity contribution in [2.45, 2.75) is 5.75 Å². The minimum Gasteiger partial charge on any atom is -0.368 e. The normalized spacial score (nSPS) is 15.6. The van der Waals surface area contributed by atoms with Gasteiger partial charge in [0.2, 0.25) is 0 Å². The van der Waals surface area contributed by atoms with E-state index in [4.69, 9.17) is 11.6 Å². The molecule has 0 aliphatic carbocycles. The van der Waals surface area contributed by atoms with E-state index in [2.05, 4.69) is 26.2 Å². The highest BCUT2D eigenvalue weighted by Crippen LogP contribution is 2.20. The van der Waals surface area contributed by atoms with Gasteiger partial charge in [-0.3, -0.25) is 9.20 Å². The van der Waals surface area contributed by atoms with Gasteiger partial charge in [-0.05, 0) is 23.8 Å². The van der Waals surface area contributed by atoms with Gasteiger partial charge in [-0.2, -0.15) is 0 Å². The number of guanidine groups is 1. The first-order valence-corrected chi connectivity index (χ1v) is 11.4. The Morgan fingerprint density at radius 1 is 1.10 bits per heavy atom. The van der Waals surface area contributed by atoms with Crippen LogP contribution in [0.3, 0.4) is 0 Å². The molecule has 1 aliphatic rings. The van der Waals surface area contributed by atoms with Crippen LogP contribution in [-0.2, 0) is 16.6 Å². The molecule has 158 valence electrons. The van der Waals surface area contributed by atoms with Gasteiger partial charge >= 0.3 is 0 Å². The van der Waals surface area contributed by atoms with Gasteiger partial charge in [0.05, 0.1) is 0 Å². The van der Waals surface area contributed by atoms with E-state index in [0.717, 1.165) is 48.4 Å². The molecule has 8 heteroatoms. The molecule has 29 heavy (non-hydrogen) atoms. The van der Waals surface area contributed by atoms with Gasteiger partial charge < -0.3 is 15.1 Å².